The molecule has 0 radical (unpaired) electrons. The van der Waals surface area contributed by atoms with Crippen LogP contribution in [0.3, 0.4) is 0 Å². The van der Waals surface area contributed by atoms with Crippen molar-refractivity contribution in [3.8, 4) is 0 Å². The van der Waals surface area contributed by atoms with E-state index in [1.807, 2.05) is 6.20 Å². The first-order valence-electron chi connectivity index (χ1n) is 4.82. The van der Waals surface area contributed by atoms with Crippen LogP contribution in [-0.4, -0.2) is 29.0 Å². The number of hydrogen-bond donors (Lipinski definition) is 1. The van der Waals surface area contributed by atoms with Gasteiger partial charge in [0.05, 0.1) is 0 Å². The van der Waals surface area contributed by atoms with Gasteiger partial charge in [0.1, 0.15) is 4.60 Å². The average Bonchev–Trinajstić information content (AvgIpc) is 2.51. The van der Waals surface area contributed by atoms with E-state index >= 15 is 0 Å². The van der Waals surface area contributed by atoms with Crippen LogP contribution in [0.15, 0.2) is 22.9 Å². The van der Waals surface area contributed by atoms with E-state index in [-0.39, 0.29) is 0 Å². The summed E-state index contributed by atoms with van der Waals surface area (Å²) in [6, 6.07) is 4.47. The van der Waals surface area contributed by atoms with Crippen LogP contribution < -0.4 is 5.73 Å². The molecule has 1 aliphatic heterocycles. The lowest BCUT2D eigenvalue weighted by Crippen LogP contribution is -2.26. The first kappa shape index (κ1) is 10.1. The monoisotopic (exact) mass is 255 g/mol. The first-order valence-corrected chi connectivity index (χ1v) is 5.62. The molecule has 2 N–H and O–H groups in total. The lowest BCUT2D eigenvalue weighted by molar-refractivity contribution is 0.327. The van der Waals surface area contributed by atoms with Crippen molar-refractivity contribution in [1.82, 2.24) is 9.88 Å². The van der Waals surface area contributed by atoms with Gasteiger partial charge >= 0.3 is 0 Å². The van der Waals surface area contributed by atoms with E-state index in [0.29, 0.717) is 6.04 Å². The van der Waals surface area contributed by atoms with Gasteiger partial charge in [0, 0.05) is 31.9 Å². The van der Waals surface area contributed by atoms with Gasteiger partial charge in [-0.25, -0.2) is 4.98 Å². The molecule has 1 aliphatic rings. The van der Waals surface area contributed by atoms with Gasteiger partial charge in [0.15, 0.2) is 0 Å². The fourth-order valence-corrected chi connectivity index (χ4v) is 2.22. The minimum atomic E-state index is 0.361. The highest BCUT2D eigenvalue weighted by Crippen LogP contribution is 2.14. The Morgan fingerprint density at radius 3 is 3.14 bits per heavy atom. The van der Waals surface area contributed by atoms with Gasteiger partial charge in [-0.1, -0.05) is 0 Å². The lowest BCUT2D eigenvalue weighted by atomic mass is 10.2. The Morgan fingerprint density at radius 2 is 2.50 bits per heavy atom. The second kappa shape index (κ2) is 4.38. The summed E-state index contributed by atoms with van der Waals surface area (Å²) in [5.41, 5.74) is 7.14. The zero-order valence-electron chi connectivity index (χ0n) is 7.99. The summed E-state index contributed by atoms with van der Waals surface area (Å²) in [7, 11) is 0. The molecule has 14 heavy (non-hydrogen) atoms. The summed E-state index contributed by atoms with van der Waals surface area (Å²) in [6.07, 6.45) is 2.95. The Morgan fingerprint density at radius 1 is 1.64 bits per heavy atom. The zero-order valence-corrected chi connectivity index (χ0v) is 9.57. The number of aromatic nitrogens is 1. The van der Waals surface area contributed by atoms with Gasteiger partial charge in [-0.15, -0.1) is 0 Å². The van der Waals surface area contributed by atoms with Crippen LogP contribution in [0.2, 0.25) is 0 Å². The Kier molecular flexibility index (Phi) is 3.15. The zero-order chi connectivity index (χ0) is 9.97. The number of pyridine rings is 1. The number of halogens is 1. The Labute approximate surface area is 92.4 Å². The topological polar surface area (TPSA) is 42.1 Å². The molecule has 0 aliphatic carbocycles. The lowest BCUT2D eigenvalue weighted by Gasteiger charge is -2.14. The van der Waals surface area contributed by atoms with Gasteiger partial charge in [-0.2, -0.15) is 0 Å². The molecule has 0 saturated carbocycles. The van der Waals surface area contributed by atoms with Crippen molar-refractivity contribution in [3.05, 3.63) is 28.5 Å². The number of nitrogens with two attached hydrogens (primary N) is 1. The van der Waals surface area contributed by atoms with Gasteiger partial charge in [-0.05, 0) is 40.0 Å². The van der Waals surface area contributed by atoms with E-state index in [1.165, 1.54) is 5.56 Å². The molecule has 1 atom stereocenters. The normalized spacial score (nSPS) is 22.9. The van der Waals surface area contributed by atoms with Crippen molar-refractivity contribution >= 4 is 15.9 Å². The molecule has 1 fully saturated rings. The summed E-state index contributed by atoms with van der Waals surface area (Å²) in [5, 5.41) is 0. The van der Waals surface area contributed by atoms with Crippen LogP contribution in [0.1, 0.15) is 12.0 Å². The summed E-state index contributed by atoms with van der Waals surface area (Å²) in [5.74, 6) is 0. The first-order chi connectivity index (χ1) is 6.74. The van der Waals surface area contributed by atoms with Crippen molar-refractivity contribution in [2.45, 2.75) is 19.0 Å². The SMILES string of the molecule is N[C@@H]1CCN(Cc2ccnc(Br)c2)C1. The Hall–Kier alpha value is -0.450. The summed E-state index contributed by atoms with van der Waals surface area (Å²) in [6.45, 7) is 3.11. The molecular formula is C10H14BrN3. The van der Waals surface area contributed by atoms with Crippen molar-refractivity contribution in [2.24, 2.45) is 5.73 Å². The van der Waals surface area contributed by atoms with Gasteiger partial charge in [-0.3, -0.25) is 4.90 Å². The molecule has 0 amide bonds. The van der Waals surface area contributed by atoms with E-state index in [4.69, 9.17) is 5.73 Å². The minimum Gasteiger partial charge on any atom is -0.326 e. The fourth-order valence-electron chi connectivity index (χ4n) is 1.81. The van der Waals surface area contributed by atoms with Crippen LogP contribution in [0.5, 0.6) is 0 Å². The van der Waals surface area contributed by atoms with E-state index in [0.717, 1.165) is 30.7 Å². The number of likely N-dealkylation sites (tertiary alicyclic amines) is 1. The highest BCUT2D eigenvalue weighted by molar-refractivity contribution is 9.10. The van der Waals surface area contributed by atoms with E-state index in [1.54, 1.807) is 0 Å². The average molecular weight is 256 g/mol. The number of rotatable bonds is 2. The summed E-state index contributed by atoms with van der Waals surface area (Å²) in [4.78, 5) is 6.48. The molecule has 0 unspecified atom stereocenters. The summed E-state index contributed by atoms with van der Waals surface area (Å²) < 4.78 is 0.901. The van der Waals surface area contributed by atoms with E-state index in [9.17, 15) is 0 Å². The van der Waals surface area contributed by atoms with Crippen molar-refractivity contribution in [2.75, 3.05) is 13.1 Å². The molecule has 1 aromatic rings. The molecule has 76 valence electrons. The highest BCUT2D eigenvalue weighted by atomic mass is 79.9. The minimum absolute atomic E-state index is 0.361. The van der Waals surface area contributed by atoms with Gasteiger partial charge in [0.25, 0.3) is 0 Å². The molecule has 2 rings (SSSR count). The maximum atomic E-state index is 5.85. The molecule has 4 heteroatoms. The molecule has 0 aromatic carbocycles. The van der Waals surface area contributed by atoms with Crippen molar-refractivity contribution in [1.29, 1.82) is 0 Å². The molecule has 3 nitrogen and oxygen atoms in total. The standard InChI is InChI=1S/C10H14BrN3/c11-10-5-8(1-3-13-10)6-14-4-2-9(12)7-14/h1,3,5,9H,2,4,6-7,12H2/t9-/m1/s1. The second-order valence-corrected chi connectivity index (χ2v) is 4.58. The highest BCUT2D eigenvalue weighted by Gasteiger charge is 2.18. The van der Waals surface area contributed by atoms with Crippen LogP contribution >= 0.6 is 15.9 Å². The molecule has 1 aromatic heterocycles. The smallest absolute Gasteiger partial charge is 0.106 e. The van der Waals surface area contributed by atoms with E-state index < -0.39 is 0 Å². The van der Waals surface area contributed by atoms with Crippen LogP contribution in [0.25, 0.3) is 0 Å². The molecule has 1 saturated heterocycles. The van der Waals surface area contributed by atoms with Gasteiger partial charge in [0.2, 0.25) is 0 Å². The molecular weight excluding hydrogens is 242 g/mol. The fraction of sp³-hybridized carbons (Fsp3) is 0.500. The Balaban J connectivity index is 1.97. The number of nitrogens with zero attached hydrogens (tertiary/aromatic N) is 2. The maximum Gasteiger partial charge on any atom is 0.106 e. The van der Waals surface area contributed by atoms with Crippen molar-refractivity contribution < 1.29 is 0 Å². The van der Waals surface area contributed by atoms with Crippen LogP contribution in [0.4, 0.5) is 0 Å². The third kappa shape index (κ3) is 2.53. The summed E-state index contributed by atoms with van der Waals surface area (Å²) >= 11 is 3.37. The molecule has 0 spiro atoms. The van der Waals surface area contributed by atoms with E-state index in [2.05, 4.69) is 37.9 Å². The van der Waals surface area contributed by atoms with Gasteiger partial charge < -0.3 is 5.73 Å². The Bertz CT molecular complexity index is 316. The quantitative estimate of drug-likeness (QED) is 0.813. The van der Waals surface area contributed by atoms with Crippen LogP contribution in [0, 0.1) is 0 Å². The predicted molar refractivity (Wildman–Crippen MR) is 59.8 cm³/mol. The molecule has 0 bridgehead atoms. The predicted octanol–water partition coefficient (Wildman–Crippen LogP) is 1.38. The van der Waals surface area contributed by atoms with Crippen molar-refractivity contribution in [3.63, 3.8) is 0 Å². The molecule has 2 heterocycles. The van der Waals surface area contributed by atoms with Crippen LogP contribution in [-0.2, 0) is 6.54 Å². The third-order valence-electron chi connectivity index (χ3n) is 2.51. The third-order valence-corrected chi connectivity index (χ3v) is 2.94. The second-order valence-electron chi connectivity index (χ2n) is 3.77. The maximum absolute atomic E-state index is 5.85. The largest absolute Gasteiger partial charge is 0.326 e. The number of hydrogen-bond acceptors (Lipinski definition) is 3.